The summed E-state index contributed by atoms with van der Waals surface area (Å²) in [5.41, 5.74) is 2.72. The fraction of sp³-hybridized carbons (Fsp3) is 0.350. The first kappa shape index (κ1) is 17.3. The van der Waals surface area contributed by atoms with E-state index in [0.29, 0.717) is 12.5 Å². The minimum Gasteiger partial charge on any atom is -0.497 e. The maximum atomic E-state index is 12.3. The fourth-order valence-electron chi connectivity index (χ4n) is 3.01. The monoisotopic (exact) mass is 340 g/mol. The SMILES string of the molecule is COc1cccc(-c2ccccc2NC(=O)NC[C@@H]2CCCOC2)c1. The third-order valence-electron chi connectivity index (χ3n) is 4.36. The number of carbonyl (C=O) groups excluding carboxylic acids is 1. The minimum absolute atomic E-state index is 0.194. The Kier molecular flexibility index (Phi) is 5.90. The maximum absolute atomic E-state index is 12.3. The molecular formula is C20H24N2O3. The molecule has 0 aromatic heterocycles. The second kappa shape index (κ2) is 8.53. The molecule has 1 aliphatic rings. The zero-order valence-electron chi connectivity index (χ0n) is 14.5. The van der Waals surface area contributed by atoms with Gasteiger partial charge in [-0.2, -0.15) is 0 Å². The van der Waals surface area contributed by atoms with Crippen LogP contribution in [-0.4, -0.2) is 32.9 Å². The van der Waals surface area contributed by atoms with Crippen molar-refractivity contribution in [2.45, 2.75) is 12.8 Å². The normalized spacial score (nSPS) is 16.9. The number of nitrogens with one attached hydrogen (secondary N) is 2. The molecule has 2 N–H and O–H groups in total. The summed E-state index contributed by atoms with van der Waals surface area (Å²) in [4.78, 5) is 12.3. The average molecular weight is 340 g/mol. The lowest BCUT2D eigenvalue weighted by atomic mass is 10.0. The van der Waals surface area contributed by atoms with Gasteiger partial charge in [-0.05, 0) is 42.5 Å². The van der Waals surface area contributed by atoms with Crippen LogP contribution in [0.5, 0.6) is 5.75 Å². The van der Waals surface area contributed by atoms with Crippen LogP contribution in [-0.2, 0) is 4.74 Å². The standard InChI is InChI=1S/C20H24N2O3/c1-24-17-8-4-7-16(12-17)18-9-2-3-10-19(18)22-20(23)21-13-15-6-5-11-25-14-15/h2-4,7-10,12,15H,5-6,11,13-14H2,1H3,(H2,21,22,23)/t15-/m0/s1. The molecule has 0 unspecified atom stereocenters. The number of anilines is 1. The number of ether oxygens (including phenoxy) is 2. The largest absolute Gasteiger partial charge is 0.497 e. The van der Waals surface area contributed by atoms with Crippen molar-refractivity contribution in [3.8, 4) is 16.9 Å². The van der Waals surface area contributed by atoms with Crippen LogP contribution in [0.3, 0.4) is 0 Å². The summed E-state index contributed by atoms with van der Waals surface area (Å²) in [5, 5.41) is 5.90. The Labute approximate surface area is 148 Å². The Morgan fingerprint density at radius 2 is 2.12 bits per heavy atom. The highest BCUT2D eigenvalue weighted by molar-refractivity contribution is 5.94. The van der Waals surface area contributed by atoms with Crippen LogP contribution < -0.4 is 15.4 Å². The van der Waals surface area contributed by atoms with Crippen molar-refractivity contribution in [2.75, 3.05) is 32.2 Å². The van der Waals surface area contributed by atoms with Crippen LogP contribution in [0, 0.1) is 5.92 Å². The maximum Gasteiger partial charge on any atom is 0.319 e. The van der Waals surface area contributed by atoms with Gasteiger partial charge in [0.25, 0.3) is 0 Å². The molecule has 0 aliphatic carbocycles. The summed E-state index contributed by atoms with van der Waals surface area (Å²) in [5.74, 6) is 1.18. The van der Waals surface area contributed by atoms with E-state index < -0.39 is 0 Å². The van der Waals surface area contributed by atoms with E-state index in [4.69, 9.17) is 9.47 Å². The van der Waals surface area contributed by atoms with Gasteiger partial charge in [0, 0.05) is 18.7 Å². The molecule has 2 amide bonds. The first-order valence-corrected chi connectivity index (χ1v) is 8.62. The van der Waals surface area contributed by atoms with Gasteiger partial charge in [0.2, 0.25) is 0 Å². The number of urea groups is 1. The molecule has 2 aromatic carbocycles. The number of hydrogen-bond donors (Lipinski definition) is 2. The smallest absolute Gasteiger partial charge is 0.319 e. The second-order valence-electron chi connectivity index (χ2n) is 6.20. The molecule has 1 fully saturated rings. The van der Waals surface area contributed by atoms with Crippen molar-refractivity contribution in [3.05, 3.63) is 48.5 Å². The van der Waals surface area contributed by atoms with Gasteiger partial charge in [-0.3, -0.25) is 0 Å². The first-order valence-electron chi connectivity index (χ1n) is 8.62. The topological polar surface area (TPSA) is 59.6 Å². The van der Waals surface area contributed by atoms with Gasteiger partial charge in [0.05, 0.1) is 19.4 Å². The lowest BCUT2D eigenvalue weighted by Crippen LogP contribution is -2.36. The predicted molar refractivity (Wildman–Crippen MR) is 99.0 cm³/mol. The number of methoxy groups -OCH3 is 1. The highest BCUT2D eigenvalue weighted by Crippen LogP contribution is 2.30. The predicted octanol–water partition coefficient (Wildman–Crippen LogP) is 3.91. The van der Waals surface area contributed by atoms with E-state index >= 15 is 0 Å². The third kappa shape index (κ3) is 4.73. The zero-order valence-corrected chi connectivity index (χ0v) is 14.5. The molecule has 1 atom stereocenters. The minimum atomic E-state index is -0.194. The van der Waals surface area contributed by atoms with E-state index in [9.17, 15) is 4.79 Å². The average Bonchev–Trinajstić information content (AvgIpc) is 2.68. The first-order chi connectivity index (χ1) is 12.3. The molecule has 1 saturated heterocycles. The van der Waals surface area contributed by atoms with Gasteiger partial charge in [0.15, 0.2) is 0 Å². The van der Waals surface area contributed by atoms with Gasteiger partial charge in [0.1, 0.15) is 5.75 Å². The number of hydrogen-bond acceptors (Lipinski definition) is 3. The van der Waals surface area contributed by atoms with Crippen molar-refractivity contribution in [2.24, 2.45) is 5.92 Å². The number of rotatable bonds is 5. The summed E-state index contributed by atoms with van der Waals surface area (Å²) < 4.78 is 10.7. The Bertz CT molecular complexity index is 712. The van der Waals surface area contributed by atoms with Gasteiger partial charge in [-0.1, -0.05) is 30.3 Å². The Morgan fingerprint density at radius 1 is 1.24 bits per heavy atom. The highest BCUT2D eigenvalue weighted by atomic mass is 16.5. The molecule has 1 aliphatic heterocycles. The molecular weight excluding hydrogens is 316 g/mol. The molecule has 3 rings (SSSR count). The van der Waals surface area contributed by atoms with Crippen molar-refractivity contribution in [3.63, 3.8) is 0 Å². The van der Waals surface area contributed by atoms with Crippen LogP contribution >= 0.6 is 0 Å². The molecule has 25 heavy (non-hydrogen) atoms. The quantitative estimate of drug-likeness (QED) is 0.867. The van der Waals surface area contributed by atoms with E-state index in [2.05, 4.69) is 10.6 Å². The van der Waals surface area contributed by atoms with Crippen molar-refractivity contribution in [1.29, 1.82) is 0 Å². The highest BCUT2D eigenvalue weighted by Gasteiger charge is 2.15. The van der Waals surface area contributed by atoms with Crippen molar-refractivity contribution < 1.29 is 14.3 Å². The fourth-order valence-corrected chi connectivity index (χ4v) is 3.01. The molecule has 132 valence electrons. The van der Waals surface area contributed by atoms with Crippen LogP contribution in [0.4, 0.5) is 10.5 Å². The lowest BCUT2D eigenvalue weighted by molar-refractivity contribution is 0.0559. The summed E-state index contributed by atoms with van der Waals surface area (Å²) in [7, 11) is 1.64. The summed E-state index contributed by atoms with van der Waals surface area (Å²) in [6, 6.07) is 15.4. The van der Waals surface area contributed by atoms with E-state index in [1.54, 1.807) is 7.11 Å². The van der Waals surface area contributed by atoms with E-state index in [1.807, 2.05) is 48.5 Å². The Hall–Kier alpha value is -2.53. The van der Waals surface area contributed by atoms with Gasteiger partial charge < -0.3 is 20.1 Å². The summed E-state index contributed by atoms with van der Waals surface area (Å²) >= 11 is 0. The van der Waals surface area contributed by atoms with E-state index in [1.165, 1.54) is 0 Å². The number of para-hydroxylation sites is 1. The van der Waals surface area contributed by atoms with Gasteiger partial charge in [-0.25, -0.2) is 4.79 Å². The van der Waals surface area contributed by atoms with E-state index in [-0.39, 0.29) is 6.03 Å². The Morgan fingerprint density at radius 3 is 2.92 bits per heavy atom. The molecule has 0 spiro atoms. The second-order valence-corrected chi connectivity index (χ2v) is 6.20. The zero-order chi connectivity index (χ0) is 17.5. The van der Waals surface area contributed by atoms with Crippen molar-refractivity contribution >= 4 is 11.7 Å². The van der Waals surface area contributed by atoms with Crippen LogP contribution in [0.2, 0.25) is 0 Å². The summed E-state index contributed by atoms with van der Waals surface area (Å²) in [6.07, 6.45) is 2.16. The molecule has 0 bridgehead atoms. The molecule has 5 heteroatoms. The van der Waals surface area contributed by atoms with Crippen LogP contribution in [0.15, 0.2) is 48.5 Å². The van der Waals surface area contributed by atoms with Crippen LogP contribution in [0.25, 0.3) is 11.1 Å². The Balaban J connectivity index is 1.66. The van der Waals surface area contributed by atoms with Crippen molar-refractivity contribution in [1.82, 2.24) is 5.32 Å². The van der Waals surface area contributed by atoms with Gasteiger partial charge in [-0.15, -0.1) is 0 Å². The van der Waals surface area contributed by atoms with Crippen LogP contribution in [0.1, 0.15) is 12.8 Å². The molecule has 0 saturated carbocycles. The number of amides is 2. The number of benzene rings is 2. The lowest BCUT2D eigenvalue weighted by Gasteiger charge is -2.22. The molecule has 5 nitrogen and oxygen atoms in total. The third-order valence-corrected chi connectivity index (χ3v) is 4.36. The number of carbonyl (C=O) groups is 1. The molecule has 1 heterocycles. The molecule has 0 radical (unpaired) electrons. The van der Waals surface area contributed by atoms with E-state index in [0.717, 1.165) is 48.6 Å². The summed E-state index contributed by atoms with van der Waals surface area (Å²) in [6.45, 7) is 2.18. The van der Waals surface area contributed by atoms with Gasteiger partial charge >= 0.3 is 6.03 Å². The molecule has 2 aromatic rings.